The van der Waals surface area contributed by atoms with Crippen LogP contribution in [0.3, 0.4) is 0 Å². The maximum Gasteiger partial charge on any atom is 0.328 e. The number of carbonyl (C=O) groups is 3. The molecular weight excluding hydrogens is 813 g/mol. The Kier molecular flexibility index (Phi) is 15.1. The molecule has 0 aromatic heterocycles. The van der Waals surface area contributed by atoms with E-state index in [4.69, 9.17) is 14.2 Å². The molecule has 0 radical (unpaired) electrons. The number of fused-ring (bicyclic) bond motifs is 6. The molecule has 4 aliphatic rings. The van der Waals surface area contributed by atoms with E-state index in [1.807, 2.05) is 13.8 Å². The number of aliphatic hydroxyl groups excluding tert-OH is 2. The highest BCUT2D eigenvalue weighted by atomic mass is 16.5. The second-order valence-corrected chi connectivity index (χ2v) is 19.4. The van der Waals surface area contributed by atoms with E-state index in [2.05, 4.69) is 65.8 Å². The molecule has 0 aliphatic carbocycles. The fourth-order valence-corrected chi connectivity index (χ4v) is 9.52. The van der Waals surface area contributed by atoms with Crippen LogP contribution >= 0.6 is 0 Å². The number of aromatic hydroxyl groups is 2. The lowest BCUT2D eigenvalue weighted by Gasteiger charge is -2.41. The van der Waals surface area contributed by atoms with Gasteiger partial charge in [0.1, 0.15) is 40.2 Å². The Labute approximate surface area is 379 Å². The van der Waals surface area contributed by atoms with Crippen molar-refractivity contribution in [1.29, 1.82) is 0 Å². The Bertz CT molecular complexity index is 2250. The lowest BCUT2D eigenvalue weighted by molar-refractivity contribution is -0.146. The van der Waals surface area contributed by atoms with E-state index in [0.29, 0.717) is 71.4 Å². The van der Waals surface area contributed by atoms with Gasteiger partial charge in [0.25, 0.3) is 11.8 Å². The van der Waals surface area contributed by atoms with Gasteiger partial charge >= 0.3 is 5.97 Å². The van der Waals surface area contributed by atoms with Gasteiger partial charge in [0.15, 0.2) is 0 Å². The van der Waals surface area contributed by atoms with Crippen LogP contribution in [0.2, 0.25) is 0 Å². The fourth-order valence-electron chi connectivity index (χ4n) is 9.52. The van der Waals surface area contributed by atoms with Crippen molar-refractivity contribution in [2.24, 2.45) is 0 Å². The third kappa shape index (κ3) is 10.4. The topological polar surface area (TPSA) is 166 Å². The molecule has 12 heteroatoms. The predicted octanol–water partition coefficient (Wildman–Crippen LogP) is 9.09. The summed E-state index contributed by atoms with van der Waals surface area (Å²) >= 11 is 0. The SMILES string of the molecule is COC(=O)[C@H](CCCN1Cc2c(cc(O)c3c2O[C@](C)(CC/C=C(\C)CCC=C(C)C)[C@@H](O)C3)C1=O)N1Cc2c(cc(O)c3c2O[C@](C)(CC/C=C(\C)CCC=C(C)C)[C@@H](O)C3)C1=O. The number of phenolic OH excluding ortho intramolecular Hbond substituents is 2. The summed E-state index contributed by atoms with van der Waals surface area (Å²) in [7, 11) is 1.27. The fraction of sp³-hybridized carbons (Fsp3) is 0.558. The Morgan fingerprint density at radius 1 is 0.734 bits per heavy atom. The Morgan fingerprint density at radius 3 is 1.67 bits per heavy atom. The van der Waals surface area contributed by atoms with Crippen molar-refractivity contribution in [3.63, 3.8) is 0 Å². The van der Waals surface area contributed by atoms with Gasteiger partial charge < -0.3 is 44.4 Å². The van der Waals surface area contributed by atoms with Crippen LogP contribution in [-0.2, 0) is 35.5 Å². The van der Waals surface area contributed by atoms with Crippen LogP contribution in [0.25, 0.3) is 0 Å². The number of phenols is 2. The number of nitrogens with zero attached hydrogens (tertiary/aromatic N) is 2. The van der Waals surface area contributed by atoms with Crippen molar-refractivity contribution in [1.82, 2.24) is 9.80 Å². The second kappa shape index (κ2) is 20.0. The molecule has 2 aromatic rings. The zero-order valence-corrected chi connectivity index (χ0v) is 39.4. The Morgan fingerprint density at radius 2 is 1.20 bits per heavy atom. The second-order valence-electron chi connectivity index (χ2n) is 19.4. The largest absolute Gasteiger partial charge is 0.508 e. The summed E-state index contributed by atoms with van der Waals surface area (Å²) in [6.07, 6.45) is 14.2. The van der Waals surface area contributed by atoms with Gasteiger partial charge in [0, 0.05) is 41.6 Å². The lowest BCUT2D eigenvalue weighted by Crippen LogP contribution is -2.49. The van der Waals surface area contributed by atoms with Crippen LogP contribution in [0.15, 0.2) is 58.7 Å². The molecule has 0 saturated heterocycles. The van der Waals surface area contributed by atoms with Crippen molar-refractivity contribution < 1.29 is 49.0 Å². The van der Waals surface area contributed by atoms with Gasteiger partial charge in [-0.15, -0.1) is 0 Å². The highest BCUT2D eigenvalue weighted by molar-refractivity contribution is 6.02. The van der Waals surface area contributed by atoms with Crippen LogP contribution in [0.4, 0.5) is 0 Å². The van der Waals surface area contributed by atoms with E-state index in [9.17, 15) is 34.8 Å². The highest BCUT2D eigenvalue weighted by Crippen LogP contribution is 2.48. The number of benzene rings is 2. The summed E-state index contributed by atoms with van der Waals surface area (Å²) in [4.78, 5) is 44.4. The van der Waals surface area contributed by atoms with Gasteiger partial charge in [-0.05, 0) is 132 Å². The van der Waals surface area contributed by atoms with Crippen molar-refractivity contribution in [2.45, 2.75) is 175 Å². The number of aliphatic hydroxyl groups is 2. The normalized spacial score (nSPS) is 23.1. The third-order valence-electron chi connectivity index (χ3n) is 13.7. The minimum absolute atomic E-state index is 0.0405. The number of esters is 1. The zero-order valence-electron chi connectivity index (χ0n) is 39.4. The summed E-state index contributed by atoms with van der Waals surface area (Å²) in [5, 5.41) is 44.8. The van der Waals surface area contributed by atoms with Gasteiger partial charge in [-0.2, -0.15) is 0 Å². The molecule has 4 N–H and O–H groups in total. The van der Waals surface area contributed by atoms with Crippen LogP contribution in [0.5, 0.6) is 23.0 Å². The van der Waals surface area contributed by atoms with Crippen molar-refractivity contribution in [3.8, 4) is 23.0 Å². The zero-order chi connectivity index (χ0) is 46.7. The van der Waals surface area contributed by atoms with Crippen molar-refractivity contribution in [3.05, 3.63) is 92.1 Å². The van der Waals surface area contributed by atoms with Gasteiger partial charge in [-0.3, -0.25) is 9.59 Å². The maximum absolute atomic E-state index is 14.1. The van der Waals surface area contributed by atoms with Crippen LogP contribution in [0, 0.1) is 0 Å². The number of carbonyl (C=O) groups excluding carboxylic acids is 3. The standard InChI is InChI=1S/C52H70N2O10/c1-31(2)15-10-17-33(5)19-12-22-51(7)44(57)27-37-42(55)25-35-39(46(37)63-51)29-53(48(35)59)24-14-21-41(50(61)62-9)54-30-40-36(49(54)60)26-43(56)38-28-45(58)52(8,64-47(38)40)23-13-20-34(6)18-11-16-32(3)4/h15-16,19-20,25-26,41,44-45,55-58H,10-14,17-18,21-24,27-30H2,1-9H3/b33-19+,34-20+/t41-,44-,45-,51+,52+/m0/s1. The van der Waals surface area contributed by atoms with Gasteiger partial charge in [0.05, 0.1) is 43.5 Å². The molecule has 4 aliphatic heterocycles. The van der Waals surface area contributed by atoms with E-state index in [-0.39, 0.29) is 61.9 Å². The molecule has 2 amide bonds. The van der Waals surface area contributed by atoms with Gasteiger partial charge in [-0.25, -0.2) is 4.79 Å². The van der Waals surface area contributed by atoms with Crippen LogP contribution in [-0.4, -0.2) is 91.1 Å². The summed E-state index contributed by atoms with van der Waals surface area (Å²) in [5.41, 5.74) is 5.88. The van der Waals surface area contributed by atoms with Crippen LogP contribution < -0.4 is 9.47 Å². The average Bonchev–Trinajstić information content (AvgIpc) is 3.72. The summed E-state index contributed by atoms with van der Waals surface area (Å²) in [6.45, 7) is 16.8. The molecule has 0 bridgehead atoms. The molecule has 6 rings (SSSR count). The summed E-state index contributed by atoms with van der Waals surface area (Å²) in [6, 6.07) is 1.86. The van der Waals surface area contributed by atoms with Gasteiger partial charge in [0.2, 0.25) is 0 Å². The van der Waals surface area contributed by atoms with E-state index in [0.717, 1.165) is 25.7 Å². The molecule has 0 saturated carbocycles. The van der Waals surface area contributed by atoms with Crippen molar-refractivity contribution >= 4 is 17.8 Å². The predicted molar refractivity (Wildman–Crippen MR) is 247 cm³/mol. The highest BCUT2D eigenvalue weighted by Gasteiger charge is 2.47. The monoisotopic (exact) mass is 883 g/mol. The number of ether oxygens (including phenoxy) is 3. The molecule has 4 heterocycles. The Balaban J connectivity index is 1.12. The molecule has 348 valence electrons. The number of amides is 2. The quantitative estimate of drug-likeness (QED) is 0.0838. The first-order valence-corrected chi connectivity index (χ1v) is 23.0. The van der Waals surface area contributed by atoms with Crippen molar-refractivity contribution in [2.75, 3.05) is 13.7 Å². The molecule has 0 spiro atoms. The third-order valence-corrected chi connectivity index (χ3v) is 13.7. The van der Waals surface area contributed by atoms with Gasteiger partial charge in [-0.1, -0.05) is 46.6 Å². The summed E-state index contributed by atoms with van der Waals surface area (Å²) < 4.78 is 18.4. The first-order chi connectivity index (χ1) is 30.3. The number of allylic oxidation sites excluding steroid dienone is 8. The molecule has 5 atom stereocenters. The first-order valence-electron chi connectivity index (χ1n) is 23.0. The van der Waals surface area contributed by atoms with E-state index in [1.54, 1.807) is 4.90 Å². The lowest BCUT2D eigenvalue weighted by atomic mass is 9.84. The minimum Gasteiger partial charge on any atom is -0.508 e. The maximum atomic E-state index is 14.1. The smallest absolute Gasteiger partial charge is 0.328 e. The van der Waals surface area contributed by atoms with E-state index >= 15 is 0 Å². The van der Waals surface area contributed by atoms with E-state index in [1.165, 1.54) is 46.4 Å². The minimum atomic E-state index is -0.991. The average molecular weight is 883 g/mol. The first kappa shape index (κ1) is 48.4. The molecule has 0 fully saturated rings. The molecule has 12 nitrogen and oxygen atoms in total. The Hall–Kier alpha value is -5.07. The van der Waals surface area contributed by atoms with E-state index < -0.39 is 41.3 Å². The molecular formula is C52H70N2O10. The summed E-state index contributed by atoms with van der Waals surface area (Å²) in [5.74, 6) is -0.766. The molecule has 64 heavy (non-hydrogen) atoms. The molecule has 2 aromatic carbocycles. The number of hydrogen-bond donors (Lipinski definition) is 4. The number of methoxy groups -OCH3 is 1. The number of rotatable bonds is 18. The van der Waals surface area contributed by atoms with Crippen LogP contribution in [0.1, 0.15) is 163 Å². The molecule has 0 unspecified atom stereocenters. The number of hydrogen-bond acceptors (Lipinski definition) is 10.